The van der Waals surface area contributed by atoms with Gasteiger partial charge in [-0.2, -0.15) is 0 Å². The summed E-state index contributed by atoms with van der Waals surface area (Å²) in [7, 11) is 1.73. The molecule has 0 heterocycles. The number of benzene rings is 3. The lowest BCUT2D eigenvalue weighted by Crippen LogP contribution is -2.37. The molecule has 0 saturated carbocycles. The molecule has 3 aromatic rings. The normalized spacial score (nSPS) is 16.4. The van der Waals surface area contributed by atoms with Crippen LogP contribution in [0.3, 0.4) is 0 Å². The fourth-order valence-electron chi connectivity index (χ4n) is 5.55. The number of rotatable bonds is 14. The third-order valence-electron chi connectivity index (χ3n) is 8.25. The van der Waals surface area contributed by atoms with Crippen LogP contribution in [-0.2, 0) is 14.4 Å². The molecule has 0 saturated heterocycles. The van der Waals surface area contributed by atoms with Crippen molar-refractivity contribution in [2.75, 3.05) is 20.2 Å². The minimum Gasteiger partial charge on any atom is -0.508 e. The standard InChI is InChI=1S/C37H41N3O5/c1-3-32(26-8-5-4-6-9-26)34(27-11-15-30(41)16-12-27)28-13-17-31(18-14-28)45-25-24-40(2)33(42)10-7-21-37(36(39)44)22-19-29(20-23-37)35(38)43/h4-6,8-9,11-20,22,41H,3,7,10,21,23-25H2,1-2H3,(H2,38,43)(H2,39,44). The molecular weight excluding hydrogens is 566 g/mol. The number of likely N-dealkylation sites (N-methyl/N-ethyl adjacent to an activating group) is 1. The van der Waals surface area contributed by atoms with E-state index in [2.05, 4.69) is 19.1 Å². The predicted molar refractivity (Wildman–Crippen MR) is 177 cm³/mol. The zero-order chi connectivity index (χ0) is 32.4. The van der Waals surface area contributed by atoms with E-state index in [1.54, 1.807) is 36.2 Å². The molecule has 0 aliphatic heterocycles. The summed E-state index contributed by atoms with van der Waals surface area (Å²) in [5.74, 6) is -0.188. The number of allylic oxidation sites excluding steroid dienone is 2. The van der Waals surface area contributed by atoms with E-state index in [-0.39, 0.29) is 24.5 Å². The summed E-state index contributed by atoms with van der Waals surface area (Å²) in [5, 5.41) is 9.87. The molecule has 0 radical (unpaired) electrons. The molecule has 234 valence electrons. The molecule has 1 aliphatic carbocycles. The third-order valence-corrected chi connectivity index (χ3v) is 8.25. The Morgan fingerprint density at radius 3 is 2.11 bits per heavy atom. The van der Waals surface area contributed by atoms with Gasteiger partial charge in [-0.05, 0) is 77.8 Å². The van der Waals surface area contributed by atoms with E-state index >= 15 is 0 Å². The molecule has 0 fully saturated rings. The van der Waals surface area contributed by atoms with Crippen LogP contribution >= 0.6 is 0 Å². The lowest BCUT2D eigenvalue weighted by atomic mass is 9.75. The number of aromatic hydroxyl groups is 1. The van der Waals surface area contributed by atoms with E-state index in [4.69, 9.17) is 16.2 Å². The smallest absolute Gasteiger partial charge is 0.248 e. The number of nitrogens with two attached hydrogens (primary N) is 2. The first kappa shape index (κ1) is 32.8. The molecule has 3 aromatic carbocycles. The third kappa shape index (κ3) is 8.29. The first-order chi connectivity index (χ1) is 21.6. The number of amides is 3. The SMILES string of the molecule is CCC(=C(c1ccc(O)cc1)c1ccc(OCCN(C)C(=O)CCCC2(C(N)=O)C=CC(C(N)=O)=CC2)cc1)c1ccccc1. The van der Waals surface area contributed by atoms with Crippen LogP contribution < -0.4 is 16.2 Å². The number of carbonyl (C=O) groups excluding carboxylic acids is 3. The molecule has 8 heteroatoms. The number of hydrogen-bond donors (Lipinski definition) is 3. The van der Waals surface area contributed by atoms with Crippen LogP contribution in [0.1, 0.15) is 55.7 Å². The lowest BCUT2D eigenvalue weighted by molar-refractivity contribution is -0.131. The number of primary amides is 2. The summed E-state index contributed by atoms with van der Waals surface area (Å²) in [6, 6.07) is 25.4. The topological polar surface area (TPSA) is 136 Å². The second-order valence-electron chi connectivity index (χ2n) is 11.2. The Morgan fingerprint density at radius 2 is 1.56 bits per heavy atom. The predicted octanol–water partition coefficient (Wildman–Crippen LogP) is 5.61. The van der Waals surface area contributed by atoms with Gasteiger partial charge in [0.2, 0.25) is 17.7 Å². The largest absolute Gasteiger partial charge is 0.508 e. The Kier molecular flexibility index (Phi) is 11.0. The van der Waals surface area contributed by atoms with Gasteiger partial charge < -0.3 is 26.2 Å². The molecule has 1 unspecified atom stereocenters. The van der Waals surface area contributed by atoms with Crippen molar-refractivity contribution in [1.29, 1.82) is 0 Å². The molecule has 8 nitrogen and oxygen atoms in total. The van der Waals surface area contributed by atoms with E-state index in [9.17, 15) is 19.5 Å². The maximum absolute atomic E-state index is 12.8. The van der Waals surface area contributed by atoms with Crippen molar-refractivity contribution in [2.45, 2.75) is 39.0 Å². The summed E-state index contributed by atoms with van der Waals surface area (Å²) in [6.07, 6.45) is 7.03. The van der Waals surface area contributed by atoms with Crippen LogP contribution in [0.15, 0.2) is 103 Å². The van der Waals surface area contributed by atoms with Crippen LogP contribution in [0.2, 0.25) is 0 Å². The van der Waals surface area contributed by atoms with Crippen LogP contribution in [0.5, 0.6) is 11.5 Å². The van der Waals surface area contributed by atoms with E-state index in [1.807, 2.05) is 54.6 Å². The molecule has 0 aromatic heterocycles. The Balaban J connectivity index is 1.34. The van der Waals surface area contributed by atoms with Crippen molar-refractivity contribution in [1.82, 2.24) is 4.90 Å². The minimum absolute atomic E-state index is 0.0570. The highest BCUT2D eigenvalue weighted by Crippen LogP contribution is 2.36. The van der Waals surface area contributed by atoms with Crippen molar-refractivity contribution < 1.29 is 24.2 Å². The highest BCUT2D eigenvalue weighted by atomic mass is 16.5. The Labute approximate surface area is 264 Å². The number of nitrogens with zero attached hydrogens (tertiary/aromatic N) is 1. The van der Waals surface area contributed by atoms with Crippen molar-refractivity contribution >= 4 is 28.9 Å². The zero-order valence-electron chi connectivity index (χ0n) is 25.9. The van der Waals surface area contributed by atoms with Crippen LogP contribution in [0.25, 0.3) is 11.1 Å². The molecule has 5 N–H and O–H groups in total. The Hall–Kier alpha value is -5.11. The fraction of sp³-hybridized carbons (Fsp3) is 0.270. The van der Waals surface area contributed by atoms with E-state index in [0.29, 0.717) is 37.3 Å². The molecule has 4 rings (SSSR count). The molecule has 1 aliphatic rings. The highest BCUT2D eigenvalue weighted by molar-refractivity contribution is 5.99. The summed E-state index contributed by atoms with van der Waals surface area (Å²) < 4.78 is 5.97. The van der Waals surface area contributed by atoms with Crippen LogP contribution in [-0.4, -0.2) is 47.9 Å². The van der Waals surface area contributed by atoms with Crippen LogP contribution in [0, 0.1) is 5.41 Å². The van der Waals surface area contributed by atoms with Crippen molar-refractivity contribution in [2.24, 2.45) is 16.9 Å². The first-order valence-corrected chi connectivity index (χ1v) is 15.2. The van der Waals surface area contributed by atoms with E-state index in [1.165, 1.54) is 11.6 Å². The van der Waals surface area contributed by atoms with E-state index < -0.39 is 17.2 Å². The molecule has 0 spiro atoms. The van der Waals surface area contributed by atoms with Gasteiger partial charge in [-0.25, -0.2) is 0 Å². The number of phenolic OH excluding ortho intramolecular Hbond substituents is 1. The molecular formula is C37H41N3O5. The number of ether oxygens (including phenoxy) is 1. The summed E-state index contributed by atoms with van der Waals surface area (Å²) in [6.45, 7) is 2.86. The van der Waals surface area contributed by atoms with Gasteiger partial charge in [-0.15, -0.1) is 0 Å². The zero-order valence-corrected chi connectivity index (χ0v) is 25.9. The maximum Gasteiger partial charge on any atom is 0.248 e. The maximum atomic E-state index is 12.8. The quantitative estimate of drug-likeness (QED) is 0.205. The fourth-order valence-corrected chi connectivity index (χ4v) is 5.55. The lowest BCUT2D eigenvalue weighted by Gasteiger charge is -2.29. The molecule has 0 bridgehead atoms. The van der Waals surface area contributed by atoms with Gasteiger partial charge in [-0.3, -0.25) is 14.4 Å². The van der Waals surface area contributed by atoms with Gasteiger partial charge in [0, 0.05) is 19.0 Å². The number of hydrogen-bond acceptors (Lipinski definition) is 5. The summed E-state index contributed by atoms with van der Waals surface area (Å²) >= 11 is 0. The van der Waals surface area contributed by atoms with Crippen molar-refractivity contribution in [3.8, 4) is 11.5 Å². The van der Waals surface area contributed by atoms with Gasteiger partial charge in [0.15, 0.2) is 0 Å². The van der Waals surface area contributed by atoms with E-state index in [0.717, 1.165) is 28.7 Å². The van der Waals surface area contributed by atoms with Gasteiger partial charge in [-0.1, -0.05) is 79.7 Å². The molecule has 3 amide bonds. The monoisotopic (exact) mass is 607 g/mol. The Bertz CT molecular complexity index is 1590. The Morgan fingerprint density at radius 1 is 0.911 bits per heavy atom. The first-order valence-electron chi connectivity index (χ1n) is 15.2. The average molecular weight is 608 g/mol. The van der Waals surface area contributed by atoms with Gasteiger partial charge in [0.05, 0.1) is 12.0 Å². The van der Waals surface area contributed by atoms with Gasteiger partial charge >= 0.3 is 0 Å². The summed E-state index contributed by atoms with van der Waals surface area (Å²) in [5.41, 5.74) is 15.9. The highest BCUT2D eigenvalue weighted by Gasteiger charge is 2.35. The summed E-state index contributed by atoms with van der Waals surface area (Å²) in [4.78, 5) is 38.0. The second-order valence-corrected chi connectivity index (χ2v) is 11.2. The number of phenols is 1. The van der Waals surface area contributed by atoms with Gasteiger partial charge in [0.25, 0.3) is 0 Å². The van der Waals surface area contributed by atoms with Gasteiger partial charge in [0.1, 0.15) is 18.1 Å². The second kappa shape index (κ2) is 15.1. The molecule has 1 atom stereocenters. The van der Waals surface area contributed by atoms with Crippen LogP contribution in [0.4, 0.5) is 0 Å². The van der Waals surface area contributed by atoms with Crippen molar-refractivity contribution in [3.05, 3.63) is 119 Å². The number of carbonyl (C=O) groups is 3. The van der Waals surface area contributed by atoms with Crippen molar-refractivity contribution in [3.63, 3.8) is 0 Å². The molecule has 45 heavy (non-hydrogen) atoms. The minimum atomic E-state index is -0.927. The average Bonchev–Trinajstić information content (AvgIpc) is 3.05.